The zero-order valence-electron chi connectivity index (χ0n) is 74.7. The molecule has 0 fully saturated rings. The van der Waals surface area contributed by atoms with Gasteiger partial charge in [0, 0.05) is 103 Å². The number of nitrogens with one attached hydrogen (secondary N) is 1. The highest BCUT2D eigenvalue weighted by Crippen LogP contribution is 2.66. The summed E-state index contributed by atoms with van der Waals surface area (Å²) < 4.78 is 26.1. The van der Waals surface area contributed by atoms with Crippen LogP contribution in [0.15, 0.2) is 471 Å². The molecule has 136 heavy (non-hydrogen) atoms. The van der Waals surface area contributed by atoms with Crippen LogP contribution in [0, 0.1) is 0 Å². The van der Waals surface area contributed by atoms with Crippen LogP contribution in [0.5, 0.6) is 0 Å². The van der Waals surface area contributed by atoms with Crippen molar-refractivity contribution in [3.63, 3.8) is 0 Å². The third-order valence-electron chi connectivity index (χ3n) is 29.5. The van der Waals surface area contributed by atoms with Crippen LogP contribution in [0.3, 0.4) is 0 Å². The molecule has 1 N–H and O–H groups in total. The van der Waals surface area contributed by atoms with Crippen molar-refractivity contribution in [1.29, 1.82) is 0 Å². The van der Waals surface area contributed by atoms with Gasteiger partial charge in [-0.2, -0.15) is 0 Å². The largest absolute Gasteiger partial charge is 0.456 e. The Balaban J connectivity index is 0.000000120. The average molecular weight is 1810 g/mol. The SMILES string of the molecule is C.CC1(C)c2ccccc2C2(c3ccccc3-c3c(Br)cccc32)c2ccccc21.CC1(C)c2ccccc2C2(c3ccccc3-c3c(N(c4ccc(-c5ccc6oc7ccccc7c6c5)cc4)c4ccc(-c5cccc6c5oc5ccccc56)cc4)cccc32)c2ccccc21.c1ccc2c(c1)oc1ccc(-c3ccc(Nc4ccc(-c5cccc6c5oc5ccccc56)cc4)cc3)cc12. The quantitative estimate of drug-likeness (QED) is 0.155. The Morgan fingerprint density at radius 3 is 0.934 bits per heavy atom. The number of halogens is 1. The highest BCUT2D eigenvalue weighted by Gasteiger charge is 2.56. The molecule has 4 aliphatic rings. The summed E-state index contributed by atoms with van der Waals surface area (Å²) in [7, 11) is 0. The van der Waals surface area contributed by atoms with Crippen molar-refractivity contribution in [2.75, 3.05) is 10.2 Å². The first-order valence-electron chi connectivity index (χ1n) is 46.5. The van der Waals surface area contributed by atoms with E-state index in [1.54, 1.807) is 0 Å². The molecular formula is C129H91BrN2O4. The third-order valence-corrected chi connectivity index (χ3v) is 30.1. The van der Waals surface area contributed by atoms with Crippen molar-refractivity contribution >= 4 is 132 Å². The highest BCUT2D eigenvalue weighted by molar-refractivity contribution is 9.10. The number of para-hydroxylation sites is 6. The monoisotopic (exact) mass is 1810 g/mol. The van der Waals surface area contributed by atoms with Gasteiger partial charge in [-0.15, -0.1) is 0 Å². The molecule has 0 amide bonds. The van der Waals surface area contributed by atoms with E-state index in [9.17, 15) is 0 Å². The van der Waals surface area contributed by atoms with Crippen LogP contribution in [0.1, 0.15) is 102 Å². The fourth-order valence-electron chi connectivity index (χ4n) is 23.4. The molecule has 0 radical (unpaired) electrons. The number of rotatable bonds is 9. The maximum absolute atomic E-state index is 6.53. The van der Waals surface area contributed by atoms with Crippen LogP contribution in [0.2, 0.25) is 0 Å². The van der Waals surface area contributed by atoms with E-state index in [2.05, 4.69) is 460 Å². The molecule has 0 unspecified atom stereocenters. The van der Waals surface area contributed by atoms with Crippen molar-refractivity contribution in [2.45, 2.75) is 56.8 Å². The van der Waals surface area contributed by atoms with E-state index in [4.69, 9.17) is 17.7 Å². The van der Waals surface area contributed by atoms with Crippen LogP contribution in [-0.2, 0) is 21.7 Å². The second kappa shape index (κ2) is 31.7. The Kier molecular flexibility index (Phi) is 19.0. The van der Waals surface area contributed by atoms with E-state index in [0.29, 0.717) is 0 Å². The molecule has 2 spiro atoms. The van der Waals surface area contributed by atoms with Gasteiger partial charge in [0.2, 0.25) is 0 Å². The van der Waals surface area contributed by atoms with Crippen molar-refractivity contribution < 1.29 is 17.7 Å². The van der Waals surface area contributed by atoms with Crippen LogP contribution >= 0.6 is 15.9 Å². The molecule has 4 aliphatic carbocycles. The van der Waals surface area contributed by atoms with Gasteiger partial charge in [-0.1, -0.05) is 391 Å². The molecule has 24 aromatic rings. The zero-order valence-corrected chi connectivity index (χ0v) is 76.3. The van der Waals surface area contributed by atoms with E-state index >= 15 is 0 Å². The molecule has 0 bridgehead atoms. The predicted molar refractivity (Wildman–Crippen MR) is 568 cm³/mol. The molecular weight excluding hydrogens is 1720 g/mol. The lowest BCUT2D eigenvalue weighted by atomic mass is 9.55. The van der Waals surface area contributed by atoms with Gasteiger partial charge in [-0.3, -0.25) is 0 Å². The van der Waals surface area contributed by atoms with Crippen LogP contribution < -0.4 is 10.2 Å². The molecule has 0 saturated carbocycles. The smallest absolute Gasteiger partial charge is 0.143 e. The molecule has 7 heteroatoms. The summed E-state index contributed by atoms with van der Waals surface area (Å²) in [5, 5.41) is 12.6. The Morgan fingerprint density at radius 1 is 0.221 bits per heavy atom. The van der Waals surface area contributed by atoms with Crippen molar-refractivity contribution in [3.05, 3.63) is 520 Å². The van der Waals surface area contributed by atoms with Gasteiger partial charge < -0.3 is 27.9 Å². The molecule has 648 valence electrons. The Morgan fingerprint density at radius 2 is 0.507 bits per heavy atom. The highest BCUT2D eigenvalue weighted by atomic mass is 79.9. The summed E-state index contributed by atoms with van der Waals surface area (Å²) in [6.07, 6.45) is 0. The van der Waals surface area contributed by atoms with Gasteiger partial charge in [-0.25, -0.2) is 0 Å². The molecule has 6 nitrogen and oxygen atoms in total. The zero-order chi connectivity index (χ0) is 90.0. The maximum atomic E-state index is 6.53. The number of hydrogen-bond donors (Lipinski definition) is 1. The fourth-order valence-corrected chi connectivity index (χ4v) is 23.9. The van der Waals surface area contributed by atoms with E-state index < -0.39 is 5.41 Å². The van der Waals surface area contributed by atoms with Crippen LogP contribution in [0.4, 0.5) is 28.4 Å². The Bertz CT molecular complexity index is 8830. The summed E-state index contributed by atoms with van der Waals surface area (Å²) >= 11 is 3.87. The second-order valence-electron chi connectivity index (χ2n) is 37.3. The fraction of sp³-hybridized carbons (Fsp3) is 0.0698. The molecule has 28 rings (SSSR count). The number of anilines is 5. The number of hydrogen-bond acceptors (Lipinski definition) is 6. The molecule has 20 aromatic carbocycles. The Labute approximate surface area is 797 Å². The number of furan rings is 4. The lowest BCUT2D eigenvalue weighted by Gasteiger charge is -2.46. The summed E-state index contributed by atoms with van der Waals surface area (Å²) in [4.78, 5) is 2.46. The molecule has 0 atom stereocenters. The van der Waals surface area contributed by atoms with E-state index in [1.807, 2.05) is 42.5 Å². The number of benzene rings is 20. The first kappa shape index (κ1) is 81.7. The Hall–Kier alpha value is -16.3. The van der Waals surface area contributed by atoms with Gasteiger partial charge >= 0.3 is 0 Å². The van der Waals surface area contributed by atoms with E-state index in [-0.39, 0.29) is 23.7 Å². The summed E-state index contributed by atoms with van der Waals surface area (Å²) in [6.45, 7) is 9.49. The van der Waals surface area contributed by atoms with E-state index in [1.165, 1.54) is 105 Å². The summed E-state index contributed by atoms with van der Waals surface area (Å²) in [5.74, 6) is 0. The predicted octanol–water partition coefficient (Wildman–Crippen LogP) is 35.9. The van der Waals surface area contributed by atoms with Crippen LogP contribution in [0.25, 0.3) is 155 Å². The number of nitrogens with zero attached hydrogens (tertiary/aromatic N) is 1. The van der Waals surface area contributed by atoms with Gasteiger partial charge in [0.05, 0.1) is 16.5 Å². The average Bonchev–Trinajstić information content (AvgIpc) is 1.49. The minimum atomic E-state index is -0.509. The minimum absolute atomic E-state index is 0. The molecule has 0 saturated heterocycles. The van der Waals surface area contributed by atoms with Gasteiger partial charge in [0.15, 0.2) is 0 Å². The van der Waals surface area contributed by atoms with Crippen molar-refractivity contribution in [3.8, 4) is 66.8 Å². The first-order chi connectivity index (χ1) is 66.4. The molecule has 4 aromatic heterocycles. The van der Waals surface area contributed by atoms with Crippen molar-refractivity contribution in [2.24, 2.45) is 0 Å². The summed E-state index contributed by atoms with van der Waals surface area (Å²) in [5.41, 5.74) is 42.3. The minimum Gasteiger partial charge on any atom is -0.456 e. The topological polar surface area (TPSA) is 67.8 Å². The van der Waals surface area contributed by atoms with Gasteiger partial charge in [0.1, 0.15) is 44.7 Å². The summed E-state index contributed by atoms with van der Waals surface area (Å²) in [6, 6.07) is 162. The lowest BCUT2D eigenvalue weighted by Crippen LogP contribution is -2.40. The first-order valence-corrected chi connectivity index (χ1v) is 47.3. The standard InChI is InChI=1S/C64H43NO2.C36H23NO2.C28H21Br.CH4/c1-63(2)52-21-7-9-23-54(52)64(55-24-10-8-22-53(55)63)51-20-6-3-17-49(51)61-56(64)25-14-26-57(61)65(43-34-29-40(30-35-43)42-33-38-60-50(39-42)47-16-5-11-27-58(47)66-60)44-36-31-41(32-37-44)45-18-13-19-48-46-15-4-12-28-59(46)67-62(45)48;1-4-11-34-29(6-1)31-9-5-8-28(36(31)39-34)24-14-19-27(20-15-24)37-26-17-12-23(13-18-26)25-16-21-35-32(22-25)30-7-2-3-10-33(30)38-35;1-27(2)20-12-5-7-14-22(20)28(23-15-8-6-13-21(23)27)19-11-4-3-10-18(19)26-24(28)16-9-17-25(26)29;/h3-39H,1-2H3;1-22,37H;3-17H,1-2H3;1H4. The van der Waals surface area contributed by atoms with E-state index in [0.717, 1.165) is 150 Å². The van der Waals surface area contributed by atoms with Crippen LogP contribution in [-0.4, -0.2) is 0 Å². The lowest BCUT2D eigenvalue weighted by molar-refractivity contribution is 0.563. The van der Waals surface area contributed by atoms with Crippen molar-refractivity contribution in [1.82, 2.24) is 0 Å². The molecule has 4 heterocycles. The molecule has 0 aliphatic heterocycles. The van der Waals surface area contributed by atoms with Gasteiger partial charge in [-0.05, 0) is 220 Å². The number of fused-ring (bicyclic) bond motifs is 30. The normalized spacial score (nSPS) is 13.8. The maximum Gasteiger partial charge on any atom is 0.143 e. The van der Waals surface area contributed by atoms with Gasteiger partial charge in [0.25, 0.3) is 0 Å². The third kappa shape index (κ3) is 12.4. The second-order valence-corrected chi connectivity index (χ2v) is 38.1.